The molecule has 0 amide bonds. The minimum Gasteiger partial charge on any atom is -0.382 e. The Morgan fingerprint density at radius 1 is 1.04 bits per heavy atom. The first-order valence-electron chi connectivity index (χ1n) is 7.80. The van der Waals surface area contributed by atoms with Crippen LogP contribution in [-0.2, 0) is 16.7 Å². The van der Waals surface area contributed by atoms with E-state index in [2.05, 4.69) is 24.4 Å². The van der Waals surface area contributed by atoms with E-state index < -0.39 is 10.1 Å². The van der Waals surface area contributed by atoms with Gasteiger partial charge in [-0.1, -0.05) is 55.5 Å². The van der Waals surface area contributed by atoms with E-state index in [1.807, 2.05) is 37.3 Å². The second-order valence-electron chi connectivity index (χ2n) is 5.47. The van der Waals surface area contributed by atoms with Gasteiger partial charge in [-0.2, -0.15) is 8.42 Å². The molecule has 0 saturated carbocycles. The third-order valence-corrected chi connectivity index (χ3v) is 4.88. The Labute approximate surface area is 138 Å². The average Bonchev–Trinajstić information content (AvgIpc) is 2.54. The van der Waals surface area contributed by atoms with Crippen molar-refractivity contribution in [3.05, 3.63) is 65.7 Å². The van der Waals surface area contributed by atoms with Gasteiger partial charge in [-0.3, -0.25) is 0 Å². The molecule has 124 valence electrons. The van der Waals surface area contributed by atoms with E-state index in [1.165, 1.54) is 5.56 Å². The molecule has 0 bridgehead atoms. The Morgan fingerprint density at radius 2 is 1.70 bits per heavy atom. The fourth-order valence-corrected chi connectivity index (χ4v) is 3.30. The zero-order valence-corrected chi connectivity index (χ0v) is 14.3. The zero-order valence-electron chi connectivity index (χ0n) is 13.5. The van der Waals surface area contributed by atoms with Crippen LogP contribution in [0.1, 0.15) is 37.4 Å². The van der Waals surface area contributed by atoms with Gasteiger partial charge < -0.3 is 9.50 Å². The monoisotopic (exact) mass is 333 g/mol. The van der Waals surface area contributed by atoms with E-state index in [4.69, 9.17) is 4.18 Å². The molecule has 0 unspecified atom stereocenters. The molecule has 0 spiro atoms. The average molecular weight is 333 g/mol. The molecule has 23 heavy (non-hydrogen) atoms. The van der Waals surface area contributed by atoms with Crippen LogP contribution < -0.4 is 9.50 Å². The molecule has 5 heteroatoms. The summed E-state index contributed by atoms with van der Waals surface area (Å²) in [5.41, 5.74) is 2.01. The first-order chi connectivity index (χ1) is 11.0. The van der Waals surface area contributed by atoms with Gasteiger partial charge in [-0.15, -0.1) is 0 Å². The summed E-state index contributed by atoms with van der Waals surface area (Å²) in [5.74, 6) is 0.420. The number of para-hydroxylation sites is 1. The molecule has 2 aromatic carbocycles. The highest BCUT2D eigenvalue weighted by molar-refractivity contribution is 7.87. The van der Waals surface area contributed by atoms with Crippen LogP contribution >= 0.6 is 0 Å². The van der Waals surface area contributed by atoms with Gasteiger partial charge in [-0.25, -0.2) is 0 Å². The Bertz CT molecular complexity index is 714. The van der Waals surface area contributed by atoms with E-state index >= 15 is 0 Å². The molecule has 1 atom stereocenters. The summed E-state index contributed by atoms with van der Waals surface area (Å²) in [6, 6.07) is 17.5. The second kappa shape index (κ2) is 8.13. The quantitative estimate of drug-likeness (QED) is 0.749. The maximum absolute atomic E-state index is 11.9. The summed E-state index contributed by atoms with van der Waals surface area (Å²) in [6.07, 6.45) is 0.536. The third-order valence-electron chi connectivity index (χ3n) is 3.54. The molecule has 1 N–H and O–H groups in total. The SMILES string of the molecule is CCCS(=O)(=O)Oc1ccccc1CN[C@H](C)c1ccccc1. The largest absolute Gasteiger partial charge is 0.382 e. The summed E-state index contributed by atoms with van der Waals surface area (Å²) in [5, 5.41) is 3.40. The lowest BCUT2D eigenvalue weighted by atomic mass is 10.1. The van der Waals surface area contributed by atoms with E-state index in [1.54, 1.807) is 12.1 Å². The van der Waals surface area contributed by atoms with Crippen molar-refractivity contribution in [1.82, 2.24) is 5.32 Å². The normalized spacial score (nSPS) is 12.8. The van der Waals surface area contributed by atoms with Crippen LogP contribution in [0.2, 0.25) is 0 Å². The fraction of sp³-hybridized carbons (Fsp3) is 0.333. The van der Waals surface area contributed by atoms with Gasteiger partial charge >= 0.3 is 10.1 Å². The topological polar surface area (TPSA) is 55.4 Å². The summed E-state index contributed by atoms with van der Waals surface area (Å²) >= 11 is 0. The lowest BCUT2D eigenvalue weighted by molar-refractivity contribution is 0.477. The molecule has 0 aliphatic heterocycles. The Hall–Kier alpha value is -1.85. The van der Waals surface area contributed by atoms with Crippen LogP contribution in [0.25, 0.3) is 0 Å². The molecule has 0 aromatic heterocycles. The summed E-state index contributed by atoms with van der Waals surface area (Å²) in [6.45, 7) is 4.43. The molecule has 4 nitrogen and oxygen atoms in total. The maximum atomic E-state index is 11.9. The molecule has 0 saturated heterocycles. The van der Waals surface area contributed by atoms with Crippen LogP contribution in [-0.4, -0.2) is 14.2 Å². The van der Waals surface area contributed by atoms with Crippen molar-refractivity contribution in [1.29, 1.82) is 0 Å². The molecular formula is C18H23NO3S. The van der Waals surface area contributed by atoms with Crippen molar-refractivity contribution < 1.29 is 12.6 Å². The van der Waals surface area contributed by atoms with Crippen molar-refractivity contribution in [2.24, 2.45) is 0 Å². The third kappa shape index (κ3) is 5.37. The first-order valence-corrected chi connectivity index (χ1v) is 9.38. The smallest absolute Gasteiger partial charge is 0.309 e. The standard InChI is InChI=1S/C18H23NO3S/c1-3-13-23(20,21)22-18-12-8-7-11-17(18)14-19-15(2)16-9-5-4-6-10-16/h4-12,15,19H,3,13-14H2,1-2H3/t15-/m1/s1. The zero-order chi connectivity index (χ0) is 16.7. The van der Waals surface area contributed by atoms with Crippen LogP contribution in [0.15, 0.2) is 54.6 Å². The van der Waals surface area contributed by atoms with Gasteiger partial charge in [0.2, 0.25) is 0 Å². The minimum absolute atomic E-state index is 0.0230. The maximum Gasteiger partial charge on any atom is 0.309 e. The van der Waals surface area contributed by atoms with Gasteiger partial charge in [-0.05, 0) is 25.0 Å². The lowest BCUT2D eigenvalue weighted by Crippen LogP contribution is -2.20. The Kier molecular flexibility index (Phi) is 6.19. The number of benzene rings is 2. The molecule has 0 heterocycles. The number of hydrogen-bond acceptors (Lipinski definition) is 4. The number of nitrogens with one attached hydrogen (secondary N) is 1. The van der Waals surface area contributed by atoms with Crippen LogP contribution in [0.3, 0.4) is 0 Å². The van der Waals surface area contributed by atoms with Gasteiger partial charge in [0, 0.05) is 18.2 Å². The van der Waals surface area contributed by atoms with Gasteiger partial charge in [0.25, 0.3) is 0 Å². The predicted molar refractivity (Wildman–Crippen MR) is 92.8 cm³/mol. The van der Waals surface area contributed by atoms with Crippen LogP contribution in [0.5, 0.6) is 5.75 Å². The fourth-order valence-electron chi connectivity index (χ4n) is 2.28. The highest BCUT2D eigenvalue weighted by atomic mass is 32.2. The molecule has 0 fully saturated rings. The van der Waals surface area contributed by atoms with Crippen molar-refractivity contribution in [3.8, 4) is 5.75 Å². The van der Waals surface area contributed by atoms with E-state index in [0.29, 0.717) is 18.7 Å². The van der Waals surface area contributed by atoms with E-state index in [9.17, 15) is 8.42 Å². The van der Waals surface area contributed by atoms with Crippen molar-refractivity contribution in [2.75, 3.05) is 5.75 Å². The minimum atomic E-state index is -3.53. The lowest BCUT2D eigenvalue weighted by Gasteiger charge is -2.16. The number of hydrogen-bond donors (Lipinski definition) is 1. The van der Waals surface area contributed by atoms with E-state index in [0.717, 1.165) is 5.56 Å². The molecule has 0 radical (unpaired) electrons. The summed E-state index contributed by atoms with van der Waals surface area (Å²) < 4.78 is 29.0. The Morgan fingerprint density at radius 3 is 2.39 bits per heavy atom. The van der Waals surface area contributed by atoms with Gasteiger partial charge in [0.15, 0.2) is 0 Å². The highest BCUT2D eigenvalue weighted by Gasteiger charge is 2.14. The molecule has 2 aromatic rings. The van der Waals surface area contributed by atoms with Crippen LogP contribution in [0, 0.1) is 0 Å². The summed E-state index contributed by atoms with van der Waals surface area (Å²) in [7, 11) is -3.53. The number of rotatable bonds is 8. The van der Waals surface area contributed by atoms with Crippen LogP contribution in [0.4, 0.5) is 0 Å². The Balaban J connectivity index is 2.06. The van der Waals surface area contributed by atoms with E-state index in [-0.39, 0.29) is 11.8 Å². The molecular weight excluding hydrogens is 310 g/mol. The predicted octanol–water partition coefficient (Wildman–Crippen LogP) is 3.66. The highest BCUT2D eigenvalue weighted by Crippen LogP contribution is 2.21. The summed E-state index contributed by atoms with van der Waals surface area (Å²) in [4.78, 5) is 0. The van der Waals surface area contributed by atoms with Crippen molar-refractivity contribution in [2.45, 2.75) is 32.9 Å². The van der Waals surface area contributed by atoms with Crippen molar-refractivity contribution >= 4 is 10.1 Å². The molecule has 0 aliphatic carbocycles. The van der Waals surface area contributed by atoms with Crippen molar-refractivity contribution in [3.63, 3.8) is 0 Å². The molecule has 0 aliphatic rings. The molecule has 2 rings (SSSR count). The second-order valence-corrected chi connectivity index (χ2v) is 7.16. The first kappa shape index (κ1) is 17.5. The van der Waals surface area contributed by atoms with Gasteiger partial charge in [0.1, 0.15) is 5.75 Å². The van der Waals surface area contributed by atoms with Gasteiger partial charge in [0.05, 0.1) is 5.75 Å².